The summed E-state index contributed by atoms with van der Waals surface area (Å²) in [4.78, 5) is 0. The van der Waals surface area contributed by atoms with Crippen molar-refractivity contribution in [3.8, 4) is 17.2 Å². The Labute approximate surface area is 457 Å². The third-order valence-corrected chi connectivity index (χ3v) is 21.8. The second-order valence-corrected chi connectivity index (χ2v) is 27.3. The Morgan fingerprint density at radius 3 is 1.95 bits per heavy atom. The maximum atomic E-state index is 7.56. The average Bonchev–Trinajstić information content (AvgIpc) is 4.07. The lowest BCUT2D eigenvalue weighted by Gasteiger charge is -2.62. The minimum atomic E-state index is -0.464. The third kappa shape index (κ3) is 9.64. The van der Waals surface area contributed by atoms with Gasteiger partial charge in [-0.2, -0.15) is 0 Å². The van der Waals surface area contributed by atoms with Crippen LogP contribution in [0.2, 0.25) is 0 Å². The summed E-state index contributed by atoms with van der Waals surface area (Å²) >= 11 is 0. The highest BCUT2D eigenvalue weighted by molar-refractivity contribution is 5.60. The number of ether oxygens (including phenoxy) is 5. The molecule has 1 aliphatic heterocycles. The van der Waals surface area contributed by atoms with Crippen LogP contribution in [-0.2, 0) is 9.47 Å². The van der Waals surface area contributed by atoms with Crippen molar-refractivity contribution in [2.75, 3.05) is 6.61 Å². The van der Waals surface area contributed by atoms with E-state index in [1.54, 1.807) is 11.1 Å². The molecule has 3 aromatic rings. The van der Waals surface area contributed by atoms with Crippen molar-refractivity contribution in [3.05, 3.63) is 142 Å². The minimum absolute atomic E-state index is 0.139. The molecule has 5 heteroatoms. The van der Waals surface area contributed by atoms with Gasteiger partial charge in [-0.3, -0.25) is 0 Å². The van der Waals surface area contributed by atoms with E-state index in [-0.39, 0.29) is 18.3 Å². The SMILES string of the molecule is CC(C)CC(c1ccc(OC(OC2CC3C4CCCC4C23)C2C3=C(CCC=C3)CC3C(CC(C)C(CC(C)C)c4ccc(OC(OC5CC6C7CCCC7C56)c5ccc6c(c5)C=CCO6)cc4)=CC=CC32)cc1)C(C)C. The van der Waals surface area contributed by atoms with Gasteiger partial charge >= 0.3 is 0 Å². The molecule has 18 atom stereocenters. The van der Waals surface area contributed by atoms with Crippen LogP contribution in [0.25, 0.3) is 6.08 Å². The van der Waals surface area contributed by atoms with Crippen molar-refractivity contribution >= 4 is 6.08 Å². The van der Waals surface area contributed by atoms with E-state index < -0.39 is 6.29 Å². The first-order chi connectivity index (χ1) is 37.0. The zero-order valence-corrected chi connectivity index (χ0v) is 47.2. The van der Waals surface area contributed by atoms with Crippen LogP contribution in [0, 0.1) is 88.8 Å². The van der Waals surface area contributed by atoms with Crippen LogP contribution in [0.5, 0.6) is 17.2 Å². The molecular formula is C71H90O5. The van der Waals surface area contributed by atoms with E-state index in [9.17, 15) is 0 Å². The van der Waals surface area contributed by atoms with E-state index in [1.807, 2.05) is 0 Å². The summed E-state index contributed by atoms with van der Waals surface area (Å²) in [7, 11) is 0. The van der Waals surface area contributed by atoms with Gasteiger partial charge in [0.25, 0.3) is 0 Å². The van der Waals surface area contributed by atoms with Gasteiger partial charge in [0.2, 0.25) is 12.6 Å². The van der Waals surface area contributed by atoms with Crippen LogP contribution in [0.3, 0.4) is 0 Å². The van der Waals surface area contributed by atoms with Gasteiger partial charge in [-0.05, 0) is 237 Å². The number of allylic oxidation sites excluding steroid dienone is 7. The lowest BCUT2D eigenvalue weighted by atomic mass is 9.46. The molecule has 0 spiro atoms. The fourth-order valence-corrected chi connectivity index (χ4v) is 18.1. The van der Waals surface area contributed by atoms with Crippen LogP contribution in [0.15, 0.2) is 120 Å². The molecule has 0 radical (unpaired) electrons. The largest absolute Gasteiger partial charge is 0.489 e. The van der Waals surface area contributed by atoms with Gasteiger partial charge in [0.1, 0.15) is 23.9 Å². The predicted molar refractivity (Wildman–Crippen MR) is 307 cm³/mol. The average molecular weight is 1020 g/mol. The zero-order chi connectivity index (χ0) is 51.8. The fraction of sp³-hybridized carbons (Fsp3) is 0.606. The number of rotatable bonds is 20. The summed E-state index contributed by atoms with van der Waals surface area (Å²) in [6, 6.07) is 24.9. The Kier molecular flexibility index (Phi) is 14.4. The monoisotopic (exact) mass is 1020 g/mol. The molecule has 10 aliphatic rings. The molecule has 13 rings (SSSR count). The molecule has 0 bridgehead atoms. The summed E-state index contributed by atoms with van der Waals surface area (Å²) in [5.41, 5.74) is 9.75. The Balaban J connectivity index is 0.743. The molecule has 3 aromatic carbocycles. The number of benzene rings is 3. The normalized spacial score (nSPS) is 34.1. The molecule has 0 N–H and O–H groups in total. The van der Waals surface area contributed by atoms with Gasteiger partial charge in [-0.1, -0.05) is 133 Å². The Bertz CT molecular complexity index is 2700. The summed E-state index contributed by atoms with van der Waals surface area (Å²) < 4.78 is 34.9. The quantitative estimate of drug-likeness (QED) is 0.106. The third-order valence-electron chi connectivity index (χ3n) is 21.8. The molecule has 1 heterocycles. The fourth-order valence-electron chi connectivity index (χ4n) is 18.1. The maximum Gasteiger partial charge on any atom is 0.227 e. The first-order valence-corrected chi connectivity index (χ1v) is 31.1. The number of fused-ring (bicyclic) bond motifs is 10. The lowest BCUT2D eigenvalue weighted by molar-refractivity contribution is -0.258. The van der Waals surface area contributed by atoms with Gasteiger partial charge in [0, 0.05) is 11.1 Å². The van der Waals surface area contributed by atoms with Gasteiger partial charge in [-0.25, -0.2) is 0 Å². The standard InChI is InChI=1S/C71H90O5/c1-41(2)34-59(43(5)6)45-23-28-52(29-24-45)74-71(76-66-40-63-55-19-12-22-57(55)68(63)66)69-53-17-9-8-14-48(53)38-61-47(15-10-20-58(61)69)36-44(7)60(35-42(3)4)46-25-30-51(31-26-46)73-70(50-27-32-64-49(37-50)16-13-33-72-64)75-65-39-62-54-18-11-21-56(54)67(62)65/h9-10,13,15-17,20,23-32,37,41-44,54-63,65-71H,8,11-12,14,18-19,21-22,33-36,38-40H2,1-7H3. The minimum Gasteiger partial charge on any atom is -0.489 e. The van der Waals surface area contributed by atoms with Crippen molar-refractivity contribution in [1.82, 2.24) is 0 Å². The van der Waals surface area contributed by atoms with Crippen molar-refractivity contribution in [2.45, 2.75) is 175 Å². The zero-order valence-electron chi connectivity index (χ0n) is 47.2. The van der Waals surface area contributed by atoms with E-state index in [0.29, 0.717) is 66.0 Å². The van der Waals surface area contributed by atoms with E-state index in [4.69, 9.17) is 23.7 Å². The van der Waals surface area contributed by atoms with Crippen molar-refractivity contribution < 1.29 is 23.7 Å². The van der Waals surface area contributed by atoms with Gasteiger partial charge < -0.3 is 23.7 Å². The first kappa shape index (κ1) is 51.1. The van der Waals surface area contributed by atoms with E-state index in [2.05, 4.69) is 158 Å². The number of hydrogen-bond acceptors (Lipinski definition) is 5. The molecule has 9 aliphatic carbocycles. The molecule has 6 saturated carbocycles. The molecule has 76 heavy (non-hydrogen) atoms. The van der Waals surface area contributed by atoms with Gasteiger partial charge in [0.05, 0.1) is 18.1 Å². The Morgan fingerprint density at radius 1 is 0.632 bits per heavy atom. The topological polar surface area (TPSA) is 46.2 Å². The molecule has 5 nitrogen and oxygen atoms in total. The highest BCUT2D eigenvalue weighted by Gasteiger charge is 2.64. The Morgan fingerprint density at radius 2 is 1.26 bits per heavy atom. The number of hydrogen-bond donors (Lipinski definition) is 0. The van der Waals surface area contributed by atoms with Crippen molar-refractivity contribution in [2.24, 2.45) is 88.8 Å². The molecule has 0 aromatic heterocycles. The second kappa shape index (κ2) is 21.4. The van der Waals surface area contributed by atoms with Crippen LogP contribution in [0.4, 0.5) is 0 Å². The molecule has 18 unspecified atom stereocenters. The Hall–Kier alpha value is -4.32. The van der Waals surface area contributed by atoms with E-state index in [0.717, 1.165) is 102 Å². The van der Waals surface area contributed by atoms with E-state index >= 15 is 0 Å². The predicted octanol–water partition coefficient (Wildman–Crippen LogP) is 17.8. The maximum absolute atomic E-state index is 7.56. The van der Waals surface area contributed by atoms with Crippen LogP contribution in [-0.4, -0.2) is 25.1 Å². The van der Waals surface area contributed by atoms with Crippen LogP contribution < -0.4 is 14.2 Å². The summed E-state index contributed by atoms with van der Waals surface area (Å²) in [6.45, 7) is 17.4. The van der Waals surface area contributed by atoms with Gasteiger partial charge in [-0.15, -0.1) is 0 Å². The molecule has 0 saturated heterocycles. The molecule has 6 fully saturated rings. The van der Waals surface area contributed by atoms with Crippen LogP contribution in [0.1, 0.15) is 179 Å². The smallest absolute Gasteiger partial charge is 0.227 e. The summed E-state index contributed by atoms with van der Waals surface area (Å²) in [6.07, 6.45) is 34.0. The lowest BCUT2D eigenvalue weighted by Crippen LogP contribution is -2.62. The van der Waals surface area contributed by atoms with E-state index in [1.165, 1.54) is 74.5 Å². The second-order valence-electron chi connectivity index (χ2n) is 27.3. The summed E-state index contributed by atoms with van der Waals surface area (Å²) in [5, 5.41) is 0. The van der Waals surface area contributed by atoms with Gasteiger partial charge in [0.15, 0.2) is 0 Å². The molecule has 404 valence electrons. The molecular weight excluding hydrogens is 933 g/mol. The highest BCUT2D eigenvalue weighted by Crippen LogP contribution is 2.67. The molecule has 0 amide bonds. The summed E-state index contributed by atoms with van der Waals surface area (Å²) in [5.74, 6) is 13.6. The van der Waals surface area contributed by atoms with Crippen molar-refractivity contribution in [3.63, 3.8) is 0 Å². The van der Waals surface area contributed by atoms with Crippen LogP contribution >= 0.6 is 0 Å². The first-order valence-electron chi connectivity index (χ1n) is 31.1. The highest BCUT2D eigenvalue weighted by atomic mass is 16.7. The van der Waals surface area contributed by atoms with Crippen molar-refractivity contribution in [1.29, 1.82) is 0 Å².